The van der Waals surface area contributed by atoms with Crippen molar-refractivity contribution in [2.24, 2.45) is 10.7 Å². The van der Waals surface area contributed by atoms with E-state index in [9.17, 15) is 8.42 Å². The van der Waals surface area contributed by atoms with Gasteiger partial charge in [0.15, 0.2) is 15.8 Å². The van der Waals surface area contributed by atoms with Crippen molar-refractivity contribution in [1.29, 1.82) is 0 Å². The molecular formula is C12H23N3O2S. The number of nitrogens with zero attached hydrogens (tertiary/aromatic N) is 1. The van der Waals surface area contributed by atoms with Crippen LogP contribution in [-0.2, 0) is 9.84 Å². The summed E-state index contributed by atoms with van der Waals surface area (Å²) >= 11 is 0. The Bertz CT molecular complexity index is 421. The maximum atomic E-state index is 11.6. The minimum Gasteiger partial charge on any atom is -0.370 e. The molecule has 0 unspecified atom stereocenters. The molecule has 2 aliphatic rings. The molecule has 0 amide bonds. The molecule has 2 aliphatic carbocycles. The van der Waals surface area contributed by atoms with Gasteiger partial charge in [0.2, 0.25) is 0 Å². The summed E-state index contributed by atoms with van der Waals surface area (Å²) in [6, 6.07) is 0.413. The molecule has 0 spiro atoms. The molecule has 0 bridgehead atoms. The molecule has 0 aliphatic heterocycles. The maximum Gasteiger partial charge on any atom is 0.188 e. The lowest BCUT2D eigenvalue weighted by molar-refractivity contribution is 0.412. The zero-order chi connectivity index (χ0) is 13.2. The van der Waals surface area contributed by atoms with Gasteiger partial charge in [-0.05, 0) is 25.7 Å². The molecule has 0 aromatic carbocycles. The fourth-order valence-corrected chi connectivity index (χ4v) is 3.66. The van der Waals surface area contributed by atoms with E-state index in [1.165, 1.54) is 25.5 Å². The second-order valence-electron chi connectivity index (χ2n) is 5.64. The lowest BCUT2D eigenvalue weighted by Gasteiger charge is -2.23. The van der Waals surface area contributed by atoms with Crippen LogP contribution in [0.1, 0.15) is 44.9 Å². The Labute approximate surface area is 109 Å². The normalized spacial score (nSPS) is 24.8. The topological polar surface area (TPSA) is 84.5 Å². The highest BCUT2D eigenvalue weighted by atomic mass is 32.2. The molecule has 2 saturated carbocycles. The quantitative estimate of drug-likeness (QED) is 0.586. The highest BCUT2D eigenvalue weighted by molar-refractivity contribution is 7.92. The van der Waals surface area contributed by atoms with E-state index < -0.39 is 14.6 Å². The molecule has 0 aromatic heterocycles. The van der Waals surface area contributed by atoms with Gasteiger partial charge in [0, 0.05) is 12.3 Å². The zero-order valence-electron chi connectivity index (χ0n) is 11.0. The van der Waals surface area contributed by atoms with E-state index in [0.29, 0.717) is 31.4 Å². The average Bonchev–Trinajstić information content (AvgIpc) is 3.08. The molecule has 18 heavy (non-hydrogen) atoms. The van der Waals surface area contributed by atoms with Gasteiger partial charge in [-0.15, -0.1) is 0 Å². The highest BCUT2D eigenvalue weighted by Gasteiger charge is 2.51. The van der Waals surface area contributed by atoms with Crippen LogP contribution < -0.4 is 11.1 Å². The van der Waals surface area contributed by atoms with Crippen LogP contribution in [0.2, 0.25) is 0 Å². The highest BCUT2D eigenvalue weighted by Crippen LogP contribution is 2.43. The Hall–Kier alpha value is -0.780. The Balaban J connectivity index is 1.86. The smallest absolute Gasteiger partial charge is 0.188 e. The summed E-state index contributed by atoms with van der Waals surface area (Å²) in [7, 11) is -3.01. The van der Waals surface area contributed by atoms with E-state index in [-0.39, 0.29) is 0 Å². The first-order valence-electron chi connectivity index (χ1n) is 6.69. The molecule has 0 saturated heterocycles. The minimum atomic E-state index is -3.01. The third-order valence-corrected chi connectivity index (χ3v) is 6.20. The van der Waals surface area contributed by atoms with Gasteiger partial charge in [-0.3, -0.25) is 4.99 Å². The van der Waals surface area contributed by atoms with E-state index in [0.717, 1.165) is 12.8 Å². The molecule has 6 heteroatoms. The van der Waals surface area contributed by atoms with E-state index in [1.54, 1.807) is 0 Å². The van der Waals surface area contributed by atoms with Crippen molar-refractivity contribution >= 4 is 15.8 Å². The number of nitrogens with two attached hydrogens (primary N) is 1. The number of hydrogen-bond donors (Lipinski definition) is 2. The summed E-state index contributed by atoms with van der Waals surface area (Å²) in [6.45, 7) is 0.303. The molecule has 3 N–H and O–H groups in total. The van der Waals surface area contributed by atoms with Gasteiger partial charge in [0.05, 0.1) is 11.3 Å². The van der Waals surface area contributed by atoms with Gasteiger partial charge >= 0.3 is 0 Å². The zero-order valence-corrected chi connectivity index (χ0v) is 11.8. The monoisotopic (exact) mass is 273 g/mol. The second-order valence-corrected chi connectivity index (χ2v) is 8.05. The van der Waals surface area contributed by atoms with Crippen LogP contribution in [-0.4, -0.2) is 38.0 Å². The van der Waals surface area contributed by atoms with Crippen molar-refractivity contribution in [2.75, 3.05) is 12.8 Å². The van der Waals surface area contributed by atoms with Gasteiger partial charge in [0.25, 0.3) is 0 Å². The first-order chi connectivity index (χ1) is 8.43. The van der Waals surface area contributed by atoms with E-state index >= 15 is 0 Å². The van der Waals surface area contributed by atoms with Crippen molar-refractivity contribution in [3.63, 3.8) is 0 Å². The van der Waals surface area contributed by atoms with Crippen LogP contribution in [0.15, 0.2) is 4.99 Å². The van der Waals surface area contributed by atoms with Crippen molar-refractivity contribution < 1.29 is 8.42 Å². The maximum absolute atomic E-state index is 11.6. The van der Waals surface area contributed by atoms with Gasteiger partial charge in [0.1, 0.15) is 0 Å². The first-order valence-corrected chi connectivity index (χ1v) is 8.58. The number of guanidine groups is 1. The lowest BCUT2D eigenvalue weighted by Crippen LogP contribution is -2.41. The van der Waals surface area contributed by atoms with E-state index in [2.05, 4.69) is 10.3 Å². The van der Waals surface area contributed by atoms with Crippen LogP contribution in [0.3, 0.4) is 0 Å². The minimum absolute atomic E-state index is 0.303. The Morgan fingerprint density at radius 2 is 1.94 bits per heavy atom. The van der Waals surface area contributed by atoms with E-state index in [4.69, 9.17) is 5.73 Å². The molecule has 0 aromatic rings. The lowest BCUT2D eigenvalue weighted by atomic mass is 9.96. The fraction of sp³-hybridized carbons (Fsp3) is 0.917. The first kappa shape index (κ1) is 13.6. The fourth-order valence-electron chi connectivity index (χ4n) is 2.52. The Kier molecular flexibility index (Phi) is 3.84. The Morgan fingerprint density at radius 3 is 2.44 bits per heavy atom. The van der Waals surface area contributed by atoms with Crippen molar-refractivity contribution in [3.8, 4) is 0 Å². The molecule has 2 rings (SSSR count). The van der Waals surface area contributed by atoms with Crippen LogP contribution in [0.5, 0.6) is 0 Å². The predicted octanol–water partition coefficient (Wildman–Crippen LogP) is 0.801. The number of nitrogens with one attached hydrogen (secondary N) is 1. The second kappa shape index (κ2) is 5.07. The molecular weight excluding hydrogens is 250 g/mol. The summed E-state index contributed by atoms with van der Waals surface area (Å²) in [5.74, 6) is 0.400. The van der Waals surface area contributed by atoms with Crippen LogP contribution in [0.25, 0.3) is 0 Å². The molecule has 0 heterocycles. The number of aliphatic imine (C=N–C) groups is 1. The molecule has 2 fully saturated rings. The van der Waals surface area contributed by atoms with Crippen LogP contribution in [0, 0.1) is 0 Å². The predicted molar refractivity (Wildman–Crippen MR) is 73.3 cm³/mol. The summed E-state index contributed by atoms with van der Waals surface area (Å²) in [5.41, 5.74) is 5.83. The Morgan fingerprint density at radius 1 is 1.33 bits per heavy atom. The SMILES string of the molecule is CS(=O)(=O)C1(CN=C(N)NC2CCCCC2)CC1. The van der Waals surface area contributed by atoms with Crippen molar-refractivity contribution in [2.45, 2.75) is 55.7 Å². The van der Waals surface area contributed by atoms with Crippen LogP contribution in [0.4, 0.5) is 0 Å². The average molecular weight is 273 g/mol. The van der Waals surface area contributed by atoms with Crippen molar-refractivity contribution in [3.05, 3.63) is 0 Å². The van der Waals surface area contributed by atoms with E-state index in [1.807, 2.05) is 0 Å². The number of hydrogen-bond acceptors (Lipinski definition) is 3. The summed E-state index contributed by atoms with van der Waals surface area (Å²) in [5, 5.41) is 3.20. The van der Waals surface area contributed by atoms with Crippen LogP contribution >= 0.6 is 0 Å². The third kappa shape index (κ3) is 3.16. The standard InChI is InChI=1S/C12H23N3O2S/c1-18(16,17)12(7-8-12)9-14-11(13)15-10-5-3-2-4-6-10/h10H,2-9H2,1H3,(H3,13,14,15). The molecule has 0 radical (unpaired) electrons. The molecule has 5 nitrogen and oxygen atoms in total. The largest absolute Gasteiger partial charge is 0.370 e. The van der Waals surface area contributed by atoms with Crippen molar-refractivity contribution in [1.82, 2.24) is 5.32 Å². The third-order valence-electron chi connectivity index (χ3n) is 4.09. The summed E-state index contributed by atoms with van der Waals surface area (Å²) in [4.78, 5) is 4.22. The molecule has 0 atom stereocenters. The van der Waals surface area contributed by atoms with Gasteiger partial charge in [-0.2, -0.15) is 0 Å². The molecule has 104 valence electrons. The van der Waals surface area contributed by atoms with Gasteiger partial charge in [-0.1, -0.05) is 19.3 Å². The number of rotatable bonds is 4. The van der Waals surface area contributed by atoms with Gasteiger partial charge in [-0.25, -0.2) is 8.42 Å². The summed E-state index contributed by atoms with van der Waals surface area (Å²) < 4.78 is 22.6. The van der Waals surface area contributed by atoms with Gasteiger partial charge < -0.3 is 11.1 Å². The summed E-state index contributed by atoms with van der Waals surface area (Å²) in [6.07, 6.45) is 8.75. The number of sulfone groups is 1.